The minimum atomic E-state index is -0.256. The van der Waals surface area contributed by atoms with E-state index in [1.807, 2.05) is 7.05 Å². The van der Waals surface area contributed by atoms with Gasteiger partial charge in [-0.1, -0.05) is 23.2 Å². The molecule has 0 saturated heterocycles. The minimum absolute atomic E-state index is 0.186. The highest BCUT2D eigenvalue weighted by Gasteiger charge is 2.09. The van der Waals surface area contributed by atoms with Crippen LogP contribution in [0.3, 0.4) is 0 Å². The third kappa shape index (κ3) is 3.65. The van der Waals surface area contributed by atoms with Gasteiger partial charge >= 0.3 is 0 Å². The van der Waals surface area contributed by atoms with Gasteiger partial charge in [0.05, 0.1) is 0 Å². The van der Waals surface area contributed by atoms with Crippen LogP contribution in [0.25, 0.3) is 0 Å². The molecule has 0 saturated carbocycles. The molecule has 0 spiro atoms. The van der Waals surface area contributed by atoms with E-state index in [-0.39, 0.29) is 16.2 Å². The maximum absolute atomic E-state index is 11.9. The van der Waals surface area contributed by atoms with Gasteiger partial charge in [0.15, 0.2) is 0 Å². The van der Waals surface area contributed by atoms with Gasteiger partial charge in [-0.2, -0.15) is 0 Å². The molecule has 6 nitrogen and oxygen atoms in total. The Labute approximate surface area is 119 Å². The summed E-state index contributed by atoms with van der Waals surface area (Å²) in [7, 11) is 1.85. The summed E-state index contributed by atoms with van der Waals surface area (Å²) in [6, 6.07) is 2.93. The molecule has 2 aromatic heterocycles. The third-order valence-electron chi connectivity index (χ3n) is 2.46. The Hall–Kier alpha value is -1.66. The van der Waals surface area contributed by atoms with E-state index < -0.39 is 0 Å². The first-order valence-corrected chi connectivity index (χ1v) is 6.26. The van der Waals surface area contributed by atoms with Crippen LogP contribution in [-0.4, -0.2) is 32.2 Å². The first kappa shape index (κ1) is 13.8. The van der Waals surface area contributed by atoms with E-state index in [4.69, 9.17) is 23.2 Å². The topological polar surface area (TPSA) is 72.7 Å². The Bertz CT molecular complexity index is 578. The van der Waals surface area contributed by atoms with Crippen molar-refractivity contribution < 1.29 is 4.79 Å². The van der Waals surface area contributed by atoms with Gasteiger partial charge in [-0.05, 0) is 12.1 Å². The molecule has 1 N–H and O–H groups in total. The van der Waals surface area contributed by atoms with E-state index in [9.17, 15) is 4.79 Å². The number of pyridine rings is 1. The van der Waals surface area contributed by atoms with Crippen LogP contribution in [0, 0.1) is 0 Å². The summed E-state index contributed by atoms with van der Waals surface area (Å²) in [5.41, 5.74) is 0.378. The molecule has 0 unspecified atom stereocenters. The maximum Gasteiger partial charge on any atom is 0.251 e. The van der Waals surface area contributed by atoms with Crippen molar-refractivity contribution in [3.05, 3.63) is 40.2 Å². The van der Waals surface area contributed by atoms with Gasteiger partial charge in [0.25, 0.3) is 5.91 Å². The molecule has 8 heteroatoms. The SMILES string of the molecule is Cn1cnnc1CCNC(=O)c1cc(Cl)nc(Cl)c1. The standard InChI is InChI=1S/C11H11Cl2N5O/c1-18-6-15-17-10(18)2-3-14-11(19)7-4-8(12)16-9(13)5-7/h4-6H,2-3H2,1H3,(H,14,19). The number of aromatic nitrogens is 4. The number of carbonyl (C=O) groups is 1. The lowest BCUT2D eigenvalue weighted by molar-refractivity contribution is 0.0954. The number of rotatable bonds is 4. The molecular weight excluding hydrogens is 289 g/mol. The monoisotopic (exact) mass is 299 g/mol. The fraction of sp³-hybridized carbons (Fsp3) is 0.273. The van der Waals surface area contributed by atoms with Gasteiger partial charge < -0.3 is 9.88 Å². The van der Waals surface area contributed by atoms with Crippen molar-refractivity contribution in [1.82, 2.24) is 25.1 Å². The Morgan fingerprint density at radius 2 is 2.05 bits per heavy atom. The van der Waals surface area contributed by atoms with Crippen LogP contribution < -0.4 is 5.32 Å². The summed E-state index contributed by atoms with van der Waals surface area (Å²) >= 11 is 11.5. The number of amides is 1. The van der Waals surface area contributed by atoms with Crippen LogP contribution in [0.4, 0.5) is 0 Å². The van der Waals surface area contributed by atoms with Crippen molar-refractivity contribution in [1.29, 1.82) is 0 Å². The van der Waals surface area contributed by atoms with Gasteiger partial charge in [-0.25, -0.2) is 4.98 Å². The summed E-state index contributed by atoms with van der Waals surface area (Å²) < 4.78 is 1.80. The first-order chi connectivity index (χ1) is 9.06. The second-order valence-electron chi connectivity index (χ2n) is 3.87. The highest BCUT2D eigenvalue weighted by molar-refractivity contribution is 6.33. The molecule has 2 heterocycles. The quantitative estimate of drug-likeness (QED) is 0.868. The molecule has 0 aliphatic carbocycles. The summed E-state index contributed by atoms with van der Waals surface area (Å²) in [5, 5.41) is 10.8. The van der Waals surface area contributed by atoms with Crippen LogP contribution in [0.2, 0.25) is 10.3 Å². The molecule has 19 heavy (non-hydrogen) atoms. The highest BCUT2D eigenvalue weighted by Crippen LogP contribution is 2.14. The van der Waals surface area contributed by atoms with E-state index in [0.29, 0.717) is 18.5 Å². The fourth-order valence-corrected chi connectivity index (χ4v) is 1.98. The van der Waals surface area contributed by atoms with Gasteiger partial charge in [0.2, 0.25) is 0 Å². The van der Waals surface area contributed by atoms with Crippen molar-refractivity contribution in [3.8, 4) is 0 Å². The number of hydrogen-bond donors (Lipinski definition) is 1. The maximum atomic E-state index is 11.9. The number of aryl methyl sites for hydroxylation is 1. The van der Waals surface area contributed by atoms with E-state index in [1.165, 1.54) is 12.1 Å². The summed E-state index contributed by atoms with van der Waals surface area (Å²) in [5.74, 6) is 0.541. The average molecular weight is 300 g/mol. The number of nitrogens with one attached hydrogen (secondary N) is 1. The van der Waals surface area contributed by atoms with E-state index in [0.717, 1.165) is 5.82 Å². The summed E-state index contributed by atoms with van der Waals surface area (Å²) in [4.78, 5) is 15.6. The average Bonchev–Trinajstić information content (AvgIpc) is 2.74. The molecule has 0 aliphatic rings. The number of nitrogens with zero attached hydrogens (tertiary/aromatic N) is 4. The normalized spacial score (nSPS) is 10.5. The van der Waals surface area contributed by atoms with Crippen molar-refractivity contribution in [3.63, 3.8) is 0 Å². The number of hydrogen-bond acceptors (Lipinski definition) is 4. The second kappa shape index (κ2) is 5.99. The number of carbonyl (C=O) groups excluding carboxylic acids is 1. The van der Waals surface area contributed by atoms with Gasteiger partial charge in [0.1, 0.15) is 22.5 Å². The van der Waals surface area contributed by atoms with Crippen LogP contribution in [-0.2, 0) is 13.5 Å². The lowest BCUT2D eigenvalue weighted by Crippen LogP contribution is -2.26. The van der Waals surface area contributed by atoms with Gasteiger partial charge in [0, 0.05) is 25.6 Å². The molecule has 2 rings (SSSR count). The van der Waals surface area contributed by atoms with E-state index in [2.05, 4.69) is 20.5 Å². The van der Waals surface area contributed by atoms with E-state index in [1.54, 1.807) is 10.9 Å². The minimum Gasteiger partial charge on any atom is -0.352 e. The third-order valence-corrected chi connectivity index (χ3v) is 2.85. The largest absolute Gasteiger partial charge is 0.352 e. The summed E-state index contributed by atoms with van der Waals surface area (Å²) in [6.45, 7) is 0.447. The van der Waals surface area contributed by atoms with Gasteiger partial charge in [-0.3, -0.25) is 4.79 Å². The molecule has 0 bridgehead atoms. The highest BCUT2D eigenvalue weighted by atomic mass is 35.5. The Morgan fingerprint density at radius 3 is 2.63 bits per heavy atom. The molecule has 1 amide bonds. The van der Waals surface area contributed by atoms with Gasteiger partial charge in [-0.15, -0.1) is 10.2 Å². The smallest absolute Gasteiger partial charge is 0.251 e. The first-order valence-electron chi connectivity index (χ1n) is 5.50. The number of halogens is 2. The van der Waals surface area contributed by atoms with Crippen molar-refractivity contribution in [2.45, 2.75) is 6.42 Å². The molecule has 2 aromatic rings. The van der Waals surface area contributed by atoms with Crippen LogP contribution in [0.1, 0.15) is 16.2 Å². The molecule has 0 fully saturated rings. The summed E-state index contributed by atoms with van der Waals surface area (Å²) in [6.07, 6.45) is 2.20. The molecular formula is C11H11Cl2N5O. The Morgan fingerprint density at radius 1 is 1.37 bits per heavy atom. The molecule has 0 atom stereocenters. The zero-order valence-electron chi connectivity index (χ0n) is 10.1. The molecule has 100 valence electrons. The molecule has 0 aromatic carbocycles. The van der Waals surface area contributed by atoms with Crippen LogP contribution in [0.5, 0.6) is 0 Å². The predicted octanol–water partition coefficient (Wildman–Crippen LogP) is 1.49. The predicted molar refractivity (Wildman–Crippen MR) is 71.3 cm³/mol. The fourth-order valence-electron chi connectivity index (χ4n) is 1.52. The second-order valence-corrected chi connectivity index (χ2v) is 4.64. The molecule has 0 radical (unpaired) electrons. The Kier molecular flexibility index (Phi) is 4.34. The lowest BCUT2D eigenvalue weighted by atomic mass is 10.2. The lowest BCUT2D eigenvalue weighted by Gasteiger charge is -2.05. The zero-order chi connectivity index (χ0) is 13.8. The molecule has 0 aliphatic heterocycles. The van der Waals surface area contributed by atoms with Crippen LogP contribution in [0.15, 0.2) is 18.5 Å². The van der Waals surface area contributed by atoms with E-state index >= 15 is 0 Å². The van der Waals surface area contributed by atoms with Crippen molar-refractivity contribution in [2.24, 2.45) is 7.05 Å². The van der Waals surface area contributed by atoms with Crippen molar-refractivity contribution >= 4 is 29.1 Å². The Balaban J connectivity index is 1.92. The van der Waals surface area contributed by atoms with Crippen LogP contribution >= 0.6 is 23.2 Å². The zero-order valence-corrected chi connectivity index (χ0v) is 11.6. The van der Waals surface area contributed by atoms with Crippen molar-refractivity contribution in [2.75, 3.05) is 6.54 Å².